The van der Waals surface area contributed by atoms with Crippen molar-refractivity contribution in [2.24, 2.45) is 0 Å². The highest BCUT2D eigenvalue weighted by Crippen LogP contribution is 2.26. The first-order chi connectivity index (χ1) is 9.35. The highest BCUT2D eigenvalue weighted by atomic mass is 16.5. The Morgan fingerprint density at radius 2 is 2.15 bits per heavy atom. The molecule has 2 atom stereocenters. The highest BCUT2D eigenvalue weighted by Gasteiger charge is 2.20. The number of ether oxygens (including phenoxy) is 1. The molecule has 1 aromatic carbocycles. The summed E-state index contributed by atoms with van der Waals surface area (Å²) in [5.41, 5.74) is 6.81. The van der Waals surface area contributed by atoms with Crippen molar-refractivity contribution in [2.45, 2.75) is 26.0 Å². The quantitative estimate of drug-likeness (QED) is 0.675. The molecule has 0 aliphatic rings. The van der Waals surface area contributed by atoms with Crippen LogP contribution in [0.25, 0.3) is 0 Å². The van der Waals surface area contributed by atoms with Gasteiger partial charge in [-0.2, -0.15) is 0 Å². The van der Waals surface area contributed by atoms with Gasteiger partial charge in [0.15, 0.2) is 0 Å². The molecule has 1 amide bonds. The van der Waals surface area contributed by atoms with Gasteiger partial charge < -0.3 is 20.9 Å². The third kappa shape index (κ3) is 4.40. The van der Waals surface area contributed by atoms with Gasteiger partial charge in [0.2, 0.25) is 5.91 Å². The maximum atomic E-state index is 12.2. The van der Waals surface area contributed by atoms with Crippen molar-refractivity contribution in [1.82, 2.24) is 4.90 Å². The fourth-order valence-electron chi connectivity index (χ4n) is 1.82. The normalized spacial score (nSPS) is 13.9. The Balaban J connectivity index is 2.75. The fraction of sp³-hybridized carbons (Fsp3) is 0.500. The SMILES string of the molecule is COc1cc(N)ccc1NC(=O)C(C)N(C)CC(C)O. The van der Waals surface area contributed by atoms with E-state index in [1.165, 1.54) is 7.11 Å². The number of nitrogens with one attached hydrogen (secondary N) is 1. The summed E-state index contributed by atoms with van der Waals surface area (Å²) in [7, 11) is 3.31. The zero-order valence-corrected chi connectivity index (χ0v) is 12.4. The van der Waals surface area contributed by atoms with Crippen molar-refractivity contribution in [3.63, 3.8) is 0 Å². The third-order valence-corrected chi connectivity index (χ3v) is 3.08. The molecule has 6 nitrogen and oxygen atoms in total. The lowest BCUT2D eigenvalue weighted by molar-refractivity contribution is -0.120. The molecule has 0 aliphatic carbocycles. The van der Waals surface area contributed by atoms with Crippen LogP contribution in [0.1, 0.15) is 13.8 Å². The maximum Gasteiger partial charge on any atom is 0.241 e. The number of methoxy groups -OCH3 is 1. The zero-order valence-electron chi connectivity index (χ0n) is 12.4. The van der Waals surface area contributed by atoms with Crippen LogP contribution in [0.5, 0.6) is 5.75 Å². The Bertz CT molecular complexity index is 463. The molecule has 0 spiro atoms. The molecule has 0 aromatic heterocycles. The van der Waals surface area contributed by atoms with Gasteiger partial charge >= 0.3 is 0 Å². The number of hydrogen-bond donors (Lipinski definition) is 3. The number of anilines is 2. The van der Waals surface area contributed by atoms with E-state index in [2.05, 4.69) is 5.32 Å². The molecule has 0 heterocycles. The van der Waals surface area contributed by atoms with Gasteiger partial charge in [-0.15, -0.1) is 0 Å². The summed E-state index contributed by atoms with van der Waals surface area (Å²) in [6.07, 6.45) is -0.485. The van der Waals surface area contributed by atoms with Crippen LogP contribution in [-0.2, 0) is 4.79 Å². The molecule has 1 rings (SSSR count). The molecule has 2 unspecified atom stereocenters. The second kappa shape index (κ2) is 7.12. The topological polar surface area (TPSA) is 87.8 Å². The van der Waals surface area contributed by atoms with Crippen LogP contribution in [0.2, 0.25) is 0 Å². The third-order valence-electron chi connectivity index (χ3n) is 3.08. The standard InChI is InChI=1S/C14H23N3O3/c1-9(18)8-17(3)10(2)14(19)16-12-6-5-11(15)7-13(12)20-4/h5-7,9-10,18H,8,15H2,1-4H3,(H,16,19). The average molecular weight is 281 g/mol. The van der Waals surface area contributed by atoms with Crippen LogP contribution in [0, 0.1) is 0 Å². The van der Waals surface area contributed by atoms with E-state index >= 15 is 0 Å². The van der Waals surface area contributed by atoms with Crippen molar-refractivity contribution < 1.29 is 14.6 Å². The number of aliphatic hydroxyl groups is 1. The van der Waals surface area contributed by atoms with E-state index in [4.69, 9.17) is 10.5 Å². The van der Waals surface area contributed by atoms with E-state index in [-0.39, 0.29) is 11.9 Å². The monoisotopic (exact) mass is 281 g/mol. The molecule has 0 fully saturated rings. The molecule has 0 saturated heterocycles. The molecular weight excluding hydrogens is 258 g/mol. The first-order valence-electron chi connectivity index (χ1n) is 6.47. The molecule has 0 bridgehead atoms. The molecule has 20 heavy (non-hydrogen) atoms. The summed E-state index contributed by atoms with van der Waals surface area (Å²) >= 11 is 0. The van der Waals surface area contributed by atoms with E-state index in [1.807, 2.05) is 0 Å². The number of hydrogen-bond acceptors (Lipinski definition) is 5. The van der Waals surface area contributed by atoms with Gasteiger partial charge in [-0.1, -0.05) is 0 Å². The lowest BCUT2D eigenvalue weighted by Gasteiger charge is -2.25. The molecule has 112 valence electrons. The van der Waals surface area contributed by atoms with Gasteiger partial charge in [0.25, 0.3) is 0 Å². The number of nitrogens with two attached hydrogens (primary N) is 1. The van der Waals surface area contributed by atoms with Gasteiger partial charge in [-0.05, 0) is 33.0 Å². The number of nitrogen functional groups attached to an aromatic ring is 1. The van der Waals surface area contributed by atoms with Gasteiger partial charge in [0.05, 0.1) is 24.9 Å². The Hall–Kier alpha value is -1.79. The Morgan fingerprint density at radius 1 is 1.50 bits per heavy atom. The van der Waals surface area contributed by atoms with Crippen LogP contribution in [-0.4, -0.2) is 48.8 Å². The first kappa shape index (κ1) is 16.3. The molecule has 1 aromatic rings. The van der Waals surface area contributed by atoms with E-state index in [1.54, 1.807) is 44.0 Å². The summed E-state index contributed by atoms with van der Waals surface area (Å²) in [5.74, 6) is 0.347. The molecule has 0 saturated carbocycles. The summed E-state index contributed by atoms with van der Waals surface area (Å²) in [5, 5.41) is 12.1. The summed E-state index contributed by atoms with van der Waals surface area (Å²) in [6.45, 7) is 3.89. The number of carbonyl (C=O) groups excluding carboxylic acids is 1. The van der Waals surface area contributed by atoms with Gasteiger partial charge in [0.1, 0.15) is 5.75 Å². The summed E-state index contributed by atoms with van der Waals surface area (Å²) < 4.78 is 5.18. The summed E-state index contributed by atoms with van der Waals surface area (Å²) in [4.78, 5) is 13.9. The average Bonchev–Trinajstić information content (AvgIpc) is 2.38. The predicted octanol–water partition coefficient (Wildman–Crippen LogP) is 0.917. The second-order valence-electron chi connectivity index (χ2n) is 4.91. The molecule has 4 N–H and O–H groups in total. The van der Waals surface area contributed by atoms with Crippen molar-refractivity contribution >= 4 is 17.3 Å². The van der Waals surface area contributed by atoms with Crippen LogP contribution in [0.3, 0.4) is 0 Å². The minimum atomic E-state index is -0.485. The van der Waals surface area contributed by atoms with Crippen LogP contribution < -0.4 is 15.8 Å². The largest absolute Gasteiger partial charge is 0.494 e. The molecule has 6 heteroatoms. The number of aliphatic hydroxyl groups excluding tert-OH is 1. The van der Waals surface area contributed by atoms with Crippen molar-refractivity contribution in [1.29, 1.82) is 0 Å². The number of rotatable bonds is 6. The Kier molecular flexibility index (Phi) is 5.79. The van der Waals surface area contributed by atoms with E-state index in [0.717, 1.165) is 0 Å². The van der Waals surface area contributed by atoms with Gasteiger partial charge in [0, 0.05) is 18.3 Å². The number of nitrogens with zero attached hydrogens (tertiary/aromatic N) is 1. The van der Waals surface area contributed by atoms with Crippen LogP contribution in [0.15, 0.2) is 18.2 Å². The van der Waals surface area contributed by atoms with E-state index in [0.29, 0.717) is 23.7 Å². The zero-order chi connectivity index (χ0) is 15.3. The van der Waals surface area contributed by atoms with Crippen molar-refractivity contribution in [3.8, 4) is 5.75 Å². The predicted molar refractivity (Wildman–Crippen MR) is 79.8 cm³/mol. The first-order valence-corrected chi connectivity index (χ1v) is 6.47. The number of benzene rings is 1. The Morgan fingerprint density at radius 3 is 2.70 bits per heavy atom. The lowest BCUT2D eigenvalue weighted by Crippen LogP contribution is -2.42. The number of amides is 1. The minimum absolute atomic E-state index is 0.170. The molecular formula is C14H23N3O3. The summed E-state index contributed by atoms with van der Waals surface area (Å²) in [6, 6.07) is 4.68. The lowest BCUT2D eigenvalue weighted by atomic mass is 10.2. The Labute approximate surface area is 119 Å². The van der Waals surface area contributed by atoms with Crippen LogP contribution >= 0.6 is 0 Å². The fourth-order valence-corrected chi connectivity index (χ4v) is 1.82. The van der Waals surface area contributed by atoms with Crippen LogP contribution in [0.4, 0.5) is 11.4 Å². The van der Waals surface area contributed by atoms with Gasteiger partial charge in [-0.3, -0.25) is 9.69 Å². The number of carbonyl (C=O) groups is 1. The minimum Gasteiger partial charge on any atom is -0.494 e. The molecule has 0 aliphatic heterocycles. The highest BCUT2D eigenvalue weighted by molar-refractivity contribution is 5.96. The van der Waals surface area contributed by atoms with Gasteiger partial charge in [-0.25, -0.2) is 0 Å². The van der Waals surface area contributed by atoms with E-state index < -0.39 is 6.10 Å². The maximum absolute atomic E-state index is 12.2. The smallest absolute Gasteiger partial charge is 0.241 e. The molecule has 0 radical (unpaired) electrons. The van der Waals surface area contributed by atoms with Crippen molar-refractivity contribution in [2.75, 3.05) is 31.8 Å². The van der Waals surface area contributed by atoms with Crippen molar-refractivity contribution in [3.05, 3.63) is 18.2 Å². The van der Waals surface area contributed by atoms with E-state index in [9.17, 15) is 9.90 Å². The number of likely N-dealkylation sites (N-methyl/N-ethyl adjacent to an activating group) is 1. The second-order valence-corrected chi connectivity index (χ2v) is 4.91.